The molecule has 23 heavy (non-hydrogen) atoms. The zero-order chi connectivity index (χ0) is 16.0. The highest BCUT2D eigenvalue weighted by atomic mass is 19.1. The Balaban J connectivity index is 1.76. The quantitative estimate of drug-likeness (QED) is 0.782. The first kappa shape index (κ1) is 13.7. The van der Waals surface area contributed by atoms with E-state index in [1.54, 1.807) is 6.33 Å². The largest absolute Gasteiger partial charge is 0.290 e. The number of carbonyl (C=O) groups is 1. The van der Waals surface area contributed by atoms with Gasteiger partial charge >= 0.3 is 0 Å². The number of carbonyl (C=O) groups excluding carboxylic acids is 1. The Hall–Kier alpha value is -2.90. The summed E-state index contributed by atoms with van der Waals surface area (Å²) in [7, 11) is 0. The van der Waals surface area contributed by atoms with Crippen LogP contribution in [0.25, 0.3) is 5.65 Å². The van der Waals surface area contributed by atoms with E-state index in [0.717, 1.165) is 36.5 Å². The Labute approximate surface area is 130 Å². The molecule has 4 rings (SSSR count). The number of aromatic nitrogens is 5. The van der Waals surface area contributed by atoms with Gasteiger partial charge in [-0.2, -0.15) is 0 Å². The van der Waals surface area contributed by atoms with Crippen molar-refractivity contribution in [1.29, 1.82) is 0 Å². The van der Waals surface area contributed by atoms with Gasteiger partial charge in [-0.3, -0.25) is 14.5 Å². The normalized spacial score (nSPS) is 16.5. The summed E-state index contributed by atoms with van der Waals surface area (Å²) in [4.78, 5) is 20.0. The SMILES string of the molecule is C[C@@H]1CCc2c1cc(C(=O)Nc1ncc(F)cn1)c1nncn21. The van der Waals surface area contributed by atoms with Gasteiger partial charge in [0.1, 0.15) is 6.33 Å². The Morgan fingerprint density at radius 3 is 2.96 bits per heavy atom. The smallest absolute Gasteiger partial charge is 0.261 e. The summed E-state index contributed by atoms with van der Waals surface area (Å²) >= 11 is 0. The summed E-state index contributed by atoms with van der Waals surface area (Å²) < 4.78 is 14.7. The number of hydrogen-bond acceptors (Lipinski definition) is 5. The Bertz CT molecular complexity index is 904. The van der Waals surface area contributed by atoms with Crippen molar-refractivity contribution in [3.05, 3.63) is 47.4 Å². The molecule has 1 amide bonds. The van der Waals surface area contributed by atoms with Gasteiger partial charge in [0, 0.05) is 5.69 Å². The first-order valence-corrected chi connectivity index (χ1v) is 7.28. The molecule has 0 bridgehead atoms. The molecule has 1 aliphatic carbocycles. The lowest BCUT2D eigenvalue weighted by Crippen LogP contribution is -2.16. The summed E-state index contributed by atoms with van der Waals surface area (Å²) in [5.41, 5.74) is 3.18. The van der Waals surface area contributed by atoms with Crippen molar-refractivity contribution in [3.63, 3.8) is 0 Å². The predicted octanol–water partition coefficient (Wildman–Crippen LogP) is 1.96. The van der Waals surface area contributed by atoms with Gasteiger partial charge in [-0.05, 0) is 30.4 Å². The number of aryl methyl sites for hydroxylation is 1. The van der Waals surface area contributed by atoms with Crippen molar-refractivity contribution in [2.24, 2.45) is 0 Å². The minimum atomic E-state index is -0.561. The monoisotopic (exact) mass is 312 g/mol. The molecule has 116 valence electrons. The van der Waals surface area contributed by atoms with Gasteiger partial charge < -0.3 is 0 Å². The van der Waals surface area contributed by atoms with Crippen LogP contribution in [-0.2, 0) is 6.42 Å². The molecule has 0 fully saturated rings. The lowest BCUT2D eigenvalue weighted by atomic mass is 10.0. The number of fused-ring (bicyclic) bond motifs is 3. The molecule has 0 unspecified atom stereocenters. The highest BCUT2D eigenvalue weighted by Crippen LogP contribution is 2.34. The van der Waals surface area contributed by atoms with Crippen LogP contribution < -0.4 is 5.32 Å². The van der Waals surface area contributed by atoms with E-state index in [9.17, 15) is 9.18 Å². The van der Waals surface area contributed by atoms with Crippen LogP contribution >= 0.6 is 0 Å². The van der Waals surface area contributed by atoms with Gasteiger partial charge in [-0.1, -0.05) is 6.92 Å². The second-order valence-electron chi connectivity index (χ2n) is 5.60. The molecule has 1 atom stereocenters. The average Bonchev–Trinajstić information content (AvgIpc) is 3.15. The fraction of sp³-hybridized carbons (Fsp3) is 0.267. The van der Waals surface area contributed by atoms with E-state index in [2.05, 4.69) is 32.4 Å². The van der Waals surface area contributed by atoms with E-state index in [-0.39, 0.29) is 5.95 Å². The maximum atomic E-state index is 12.8. The van der Waals surface area contributed by atoms with Gasteiger partial charge in [0.05, 0.1) is 18.0 Å². The standard InChI is InChI=1S/C15H13FN6O/c1-8-2-3-12-10(8)4-11(13-21-19-7-22(12)13)14(23)20-15-17-5-9(16)6-18-15/h4-8H,2-3H2,1H3,(H,17,18,20,23)/t8-/m1/s1. The summed E-state index contributed by atoms with van der Waals surface area (Å²) in [6.45, 7) is 2.13. The second-order valence-corrected chi connectivity index (χ2v) is 5.60. The van der Waals surface area contributed by atoms with Crippen LogP contribution in [0.2, 0.25) is 0 Å². The first-order chi connectivity index (χ1) is 11.1. The van der Waals surface area contributed by atoms with E-state index in [1.165, 1.54) is 0 Å². The Morgan fingerprint density at radius 1 is 1.39 bits per heavy atom. The molecule has 1 N–H and O–H groups in total. The van der Waals surface area contributed by atoms with Crippen molar-refractivity contribution < 1.29 is 9.18 Å². The van der Waals surface area contributed by atoms with E-state index in [1.807, 2.05) is 10.5 Å². The third-order valence-electron chi connectivity index (χ3n) is 4.15. The number of hydrogen-bond donors (Lipinski definition) is 1. The summed E-state index contributed by atoms with van der Waals surface area (Å²) in [6, 6.07) is 1.86. The molecule has 0 saturated heterocycles. The van der Waals surface area contributed by atoms with Crippen LogP contribution in [0.1, 0.15) is 40.9 Å². The summed E-state index contributed by atoms with van der Waals surface area (Å²) in [5, 5.41) is 10.5. The summed E-state index contributed by atoms with van der Waals surface area (Å²) in [5.74, 6) is -0.529. The number of anilines is 1. The number of halogens is 1. The minimum absolute atomic E-state index is 0.0441. The molecule has 0 spiro atoms. The van der Waals surface area contributed by atoms with Crippen molar-refractivity contribution in [1.82, 2.24) is 24.6 Å². The van der Waals surface area contributed by atoms with Crippen LogP contribution in [0.5, 0.6) is 0 Å². The van der Waals surface area contributed by atoms with Crippen molar-refractivity contribution in [2.75, 3.05) is 5.32 Å². The average molecular weight is 312 g/mol. The third-order valence-corrected chi connectivity index (χ3v) is 4.15. The molecule has 3 aromatic rings. The van der Waals surface area contributed by atoms with Crippen LogP contribution in [0.3, 0.4) is 0 Å². The number of rotatable bonds is 2. The van der Waals surface area contributed by atoms with Crippen LogP contribution in [0, 0.1) is 5.82 Å². The van der Waals surface area contributed by atoms with E-state index in [0.29, 0.717) is 17.1 Å². The lowest BCUT2D eigenvalue weighted by Gasteiger charge is -2.10. The molecule has 3 heterocycles. The fourth-order valence-corrected chi connectivity index (χ4v) is 2.97. The van der Waals surface area contributed by atoms with E-state index < -0.39 is 11.7 Å². The molecular weight excluding hydrogens is 299 g/mol. The maximum absolute atomic E-state index is 12.8. The van der Waals surface area contributed by atoms with Gasteiger partial charge in [0.2, 0.25) is 5.95 Å². The van der Waals surface area contributed by atoms with Crippen molar-refractivity contribution in [2.45, 2.75) is 25.7 Å². The fourth-order valence-electron chi connectivity index (χ4n) is 2.97. The van der Waals surface area contributed by atoms with Gasteiger partial charge in [0.15, 0.2) is 11.5 Å². The summed E-state index contributed by atoms with van der Waals surface area (Å²) in [6.07, 6.45) is 5.60. The number of nitrogens with zero attached hydrogens (tertiary/aromatic N) is 5. The molecule has 8 heteroatoms. The second kappa shape index (κ2) is 5.08. The zero-order valence-electron chi connectivity index (χ0n) is 12.3. The van der Waals surface area contributed by atoms with E-state index in [4.69, 9.17) is 0 Å². The highest BCUT2D eigenvalue weighted by molar-refractivity contribution is 6.07. The molecule has 1 aliphatic rings. The number of amides is 1. The van der Waals surface area contributed by atoms with Crippen LogP contribution in [-0.4, -0.2) is 30.5 Å². The van der Waals surface area contributed by atoms with E-state index >= 15 is 0 Å². The van der Waals surface area contributed by atoms with Crippen LogP contribution in [0.4, 0.5) is 10.3 Å². The molecule has 0 aliphatic heterocycles. The molecular formula is C15H13FN6O. The molecule has 3 aromatic heterocycles. The molecule has 0 aromatic carbocycles. The minimum Gasteiger partial charge on any atom is -0.290 e. The Kier molecular flexibility index (Phi) is 3.03. The number of nitrogens with one attached hydrogen (secondary N) is 1. The highest BCUT2D eigenvalue weighted by Gasteiger charge is 2.25. The number of pyridine rings is 1. The molecule has 7 nitrogen and oxygen atoms in total. The topological polar surface area (TPSA) is 85.1 Å². The predicted molar refractivity (Wildman–Crippen MR) is 79.7 cm³/mol. The zero-order valence-corrected chi connectivity index (χ0v) is 12.3. The maximum Gasteiger partial charge on any atom is 0.261 e. The van der Waals surface area contributed by atoms with Gasteiger partial charge in [-0.25, -0.2) is 14.4 Å². The van der Waals surface area contributed by atoms with Gasteiger partial charge in [-0.15, -0.1) is 10.2 Å². The molecule has 0 radical (unpaired) electrons. The van der Waals surface area contributed by atoms with Crippen LogP contribution in [0.15, 0.2) is 24.8 Å². The third kappa shape index (κ3) is 2.23. The Morgan fingerprint density at radius 2 is 2.17 bits per heavy atom. The van der Waals surface area contributed by atoms with Crippen molar-refractivity contribution in [3.8, 4) is 0 Å². The van der Waals surface area contributed by atoms with Crippen molar-refractivity contribution >= 4 is 17.5 Å². The lowest BCUT2D eigenvalue weighted by molar-refractivity contribution is 0.102. The van der Waals surface area contributed by atoms with Gasteiger partial charge in [0.25, 0.3) is 5.91 Å². The molecule has 0 saturated carbocycles. The first-order valence-electron chi connectivity index (χ1n) is 7.28.